The van der Waals surface area contributed by atoms with Crippen LogP contribution in [-0.4, -0.2) is 33.2 Å². The zero-order valence-electron chi connectivity index (χ0n) is 9.82. The van der Waals surface area contributed by atoms with Gasteiger partial charge in [-0.2, -0.15) is 0 Å². The Balaban J connectivity index is 2.31. The summed E-state index contributed by atoms with van der Waals surface area (Å²) in [5.41, 5.74) is 6.74. The van der Waals surface area contributed by atoms with Gasteiger partial charge in [-0.15, -0.1) is 0 Å². The monoisotopic (exact) mass is 321 g/mol. The Morgan fingerprint density at radius 3 is 2.63 bits per heavy atom. The zero-order chi connectivity index (χ0) is 14.3. The SMILES string of the molecule is CS(=O)(=O)CS(=O)(=O)Nc1nc2ccc(N)cc2s1. The molecule has 0 aliphatic carbocycles. The molecule has 0 radical (unpaired) electrons. The van der Waals surface area contributed by atoms with Gasteiger partial charge in [-0.3, -0.25) is 4.72 Å². The highest BCUT2D eigenvalue weighted by Crippen LogP contribution is 2.28. The van der Waals surface area contributed by atoms with Crippen LogP contribution >= 0.6 is 11.3 Å². The molecule has 0 fully saturated rings. The fourth-order valence-electron chi connectivity index (χ4n) is 1.43. The molecule has 1 aromatic heterocycles. The molecule has 19 heavy (non-hydrogen) atoms. The summed E-state index contributed by atoms with van der Waals surface area (Å²) in [6, 6.07) is 4.98. The fourth-order valence-corrected chi connectivity index (χ4v) is 5.54. The third-order valence-electron chi connectivity index (χ3n) is 2.02. The van der Waals surface area contributed by atoms with Gasteiger partial charge in [0.1, 0.15) is 0 Å². The van der Waals surface area contributed by atoms with E-state index in [4.69, 9.17) is 5.73 Å². The summed E-state index contributed by atoms with van der Waals surface area (Å²) in [5, 5.41) is -0.859. The molecule has 0 amide bonds. The molecule has 0 aliphatic heterocycles. The van der Waals surface area contributed by atoms with E-state index in [1.807, 2.05) is 0 Å². The smallest absolute Gasteiger partial charge is 0.248 e. The lowest BCUT2D eigenvalue weighted by Crippen LogP contribution is -2.22. The summed E-state index contributed by atoms with van der Waals surface area (Å²) in [5.74, 6) is 0. The summed E-state index contributed by atoms with van der Waals surface area (Å²) in [6.07, 6.45) is 0.852. The van der Waals surface area contributed by atoms with Crippen molar-refractivity contribution < 1.29 is 16.8 Å². The Labute approximate surface area is 114 Å². The van der Waals surface area contributed by atoms with Gasteiger partial charge in [0.15, 0.2) is 20.1 Å². The minimum atomic E-state index is -3.97. The number of hydrogen-bond acceptors (Lipinski definition) is 7. The predicted octanol–water partition coefficient (Wildman–Crippen LogP) is 0.622. The molecule has 0 saturated heterocycles. The normalized spacial score (nSPS) is 12.7. The summed E-state index contributed by atoms with van der Waals surface area (Å²) < 4.78 is 48.1. The summed E-state index contributed by atoms with van der Waals surface area (Å²) in [6.45, 7) is 0. The molecule has 10 heteroatoms. The van der Waals surface area contributed by atoms with E-state index in [2.05, 4.69) is 9.71 Å². The molecule has 7 nitrogen and oxygen atoms in total. The number of hydrogen-bond donors (Lipinski definition) is 2. The highest BCUT2D eigenvalue weighted by molar-refractivity contribution is 8.08. The van der Waals surface area contributed by atoms with Crippen molar-refractivity contribution in [2.45, 2.75) is 0 Å². The van der Waals surface area contributed by atoms with E-state index < -0.39 is 24.9 Å². The van der Waals surface area contributed by atoms with Crippen LogP contribution in [0.15, 0.2) is 18.2 Å². The van der Waals surface area contributed by atoms with Crippen LogP contribution in [-0.2, 0) is 19.9 Å². The van der Waals surface area contributed by atoms with Gasteiger partial charge in [-0.25, -0.2) is 21.8 Å². The standard InChI is InChI=1S/C9H11N3O4S3/c1-18(13,14)5-19(15,16)12-9-11-7-3-2-6(10)4-8(7)17-9/h2-4H,5,10H2,1H3,(H,11,12). The maximum Gasteiger partial charge on any atom is 0.248 e. The molecule has 1 aromatic carbocycles. The number of benzene rings is 1. The lowest BCUT2D eigenvalue weighted by molar-refractivity contribution is 0.595. The van der Waals surface area contributed by atoms with Crippen LogP contribution < -0.4 is 10.5 Å². The molecular formula is C9H11N3O4S3. The van der Waals surface area contributed by atoms with Gasteiger partial charge >= 0.3 is 0 Å². The van der Waals surface area contributed by atoms with E-state index in [9.17, 15) is 16.8 Å². The van der Waals surface area contributed by atoms with E-state index in [1.165, 1.54) is 0 Å². The molecule has 2 aromatic rings. The molecule has 0 atom stereocenters. The first-order valence-electron chi connectivity index (χ1n) is 4.99. The Kier molecular flexibility index (Phi) is 3.41. The van der Waals surface area contributed by atoms with E-state index in [-0.39, 0.29) is 5.13 Å². The molecule has 2 rings (SSSR count). The molecule has 0 spiro atoms. The van der Waals surface area contributed by atoms with Crippen LogP contribution in [0.3, 0.4) is 0 Å². The minimum Gasteiger partial charge on any atom is -0.399 e. The average molecular weight is 321 g/mol. The van der Waals surface area contributed by atoms with Crippen LogP contribution in [0, 0.1) is 0 Å². The molecule has 0 saturated carbocycles. The molecule has 0 aliphatic rings. The second kappa shape index (κ2) is 4.62. The summed E-state index contributed by atoms with van der Waals surface area (Å²) >= 11 is 1.09. The van der Waals surface area contributed by atoms with Crippen molar-refractivity contribution in [3.8, 4) is 0 Å². The maximum atomic E-state index is 11.6. The van der Waals surface area contributed by atoms with Gasteiger partial charge in [0.05, 0.1) is 10.2 Å². The number of nitrogens with one attached hydrogen (secondary N) is 1. The third kappa shape index (κ3) is 3.78. The van der Waals surface area contributed by atoms with Crippen molar-refractivity contribution in [1.82, 2.24) is 4.98 Å². The molecule has 104 valence electrons. The average Bonchev–Trinajstić information content (AvgIpc) is 2.53. The largest absolute Gasteiger partial charge is 0.399 e. The number of aromatic nitrogens is 1. The lowest BCUT2D eigenvalue weighted by Gasteiger charge is -2.02. The van der Waals surface area contributed by atoms with Crippen molar-refractivity contribution in [2.24, 2.45) is 0 Å². The number of nitrogens with zero attached hydrogens (tertiary/aromatic N) is 1. The van der Waals surface area contributed by atoms with Crippen LogP contribution in [0.25, 0.3) is 10.2 Å². The highest BCUT2D eigenvalue weighted by Gasteiger charge is 2.19. The number of fused-ring (bicyclic) bond motifs is 1. The van der Waals surface area contributed by atoms with Crippen LogP contribution in [0.2, 0.25) is 0 Å². The topological polar surface area (TPSA) is 119 Å². The van der Waals surface area contributed by atoms with Crippen molar-refractivity contribution in [1.29, 1.82) is 0 Å². The first-order valence-corrected chi connectivity index (χ1v) is 9.52. The third-order valence-corrected chi connectivity index (χ3v) is 6.55. The highest BCUT2D eigenvalue weighted by atomic mass is 32.3. The van der Waals surface area contributed by atoms with Gasteiger partial charge < -0.3 is 5.73 Å². The van der Waals surface area contributed by atoms with Crippen molar-refractivity contribution >= 4 is 52.2 Å². The first kappa shape index (κ1) is 14.0. The maximum absolute atomic E-state index is 11.6. The fraction of sp³-hybridized carbons (Fsp3) is 0.222. The molecular weight excluding hydrogens is 310 g/mol. The van der Waals surface area contributed by atoms with E-state index in [0.29, 0.717) is 11.2 Å². The van der Waals surface area contributed by atoms with Crippen LogP contribution in [0.4, 0.5) is 10.8 Å². The van der Waals surface area contributed by atoms with E-state index in [0.717, 1.165) is 22.3 Å². The Hall–Kier alpha value is -1.39. The van der Waals surface area contributed by atoms with Crippen molar-refractivity contribution in [2.75, 3.05) is 21.8 Å². The van der Waals surface area contributed by atoms with Crippen LogP contribution in [0.1, 0.15) is 0 Å². The predicted molar refractivity (Wildman–Crippen MR) is 76.3 cm³/mol. The molecule has 1 heterocycles. The number of anilines is 2. The van der Waals surface area contributed by atoms with Gasteiger partial charge in [-0.1, -0.05) is 11.3 Å². The second-order valence-corrected chi connectivity index (χ2v) is 9.27. The first-order chi connectivity index (χ1) is 8.65. The van der Waals surface area contributed by atoms with Gasteiger partial charge in [-0.05, 0) is 18.2 Å². The van der Waals surface area contributed by atoms with Crippen LogP contribution in [0.5, 0.6) is 0 Å². The quantitative estimate of drug-likeness (QED) is 0.797. The Morgan fingerprint density at radius 1 is 1.32 bits per heavy atom. The Bertz CT molecular complexity index is 824. The number of nitrogens with two attached hydrogens (primary N) is 1. The molecule has 3 N–H and O–H groups in total. The lowest BCUT2D eigenvalue weighted by atomic mass is 10.3. The number of sulfone groups is 1. The van der Waals surface area contributed by atoms with Gasteiger partial charge in [0, 0.05) is 11.9 Å². The zero-order valence-corrected chi connectivity index (χ0v) is 12.3. The van der Waals surface area contributed by atoms with Crippen molar-refractivity contribution in [3.63, 3.8) is 0 Å². The number of thiazole rings is 1. The Morgan fingerprint density at radius 2 is 2.00 bits per heavy atom. The summed E-state index contributed by atoms with van der Waals surface area (Å²) in [7, 11) is -7.60. The number of sulfonamides is 1. The number of nitrogen functional groups attached to an aromatic ring is 1. The number of rotatable bonds is 4. The van der Waals surface area contributed by atoms with Gasteiger partial charge in [0.2, 0.25) is 10.0 Å². The van der Waals surface area contributed by atoms with Crippen molar-refractivity contribution in [3.05, 3.63) is 18.2 Å². The second-order valence-electron chi connectivity index (χ2n) is 4.01. The molecule has 0 bridgehead atoms. The van der Waals surface area contributed by atoms with E-state index >= 15 is 0 Å². The van der Waals surface area contributed by atoms with E-state index in [1.54, 1.807) is 18.2 Å². The summed E-state index contributed by atoms with van der Waals surface area (Å²) in [4.78, 5) is 4.05. The minimum absolute atomic E-state index is 0.115. The van der Waals surface area contributed by atoms with Gasteiger partial charge in [0.25, 0.3) is 0 Å². The molecule has 0 unspecified atom stereocenters.